The maximum Gasteiger partial charge on any atom is 0.172 e. The van der Waals surface area contributed by atoms with Gasteiger partial charge in [-0.3, -0.25) is 4.57 Å². The number of rotatable bonds is 5. The number of aromatic nitrogens is 7. The van der Waals surface area contributed by atoms with E-state index < -0.39 is 0 Å². The van der Waals surface area contributed by atoms with Crippen LogP contribution in [0.1, 0.15) is 5.69 Å². The Labute approximate surface area is 208 Å². The van der Waals surface area contributed by atoms with Crippen LogP contribution < -0.4 is 0 Å². The average molecular weight is 468 g/mol. The third kappa shape index (κ3) is 3.82. The van der Waals surface area contributed by atoms with Crippen LogP contribution in [0, 0.1) is 6.92 Å². The quantitative estimate of drug-likeness (QED) is 0.318. The van der Waals surface area contributed by atoms with Crippen molar-refractivity contribution < 1.29 is 0 Å². The molecule has 6 aromatic rings. The summed E-state index contributed by atoms with van der Waals surface area (Å²) in [7, 11) is 0. The van der Waals surface area contributed by atoms with Crippen LogP contribution in [0.15, 0.2) is 110 Å². The zero-order chi connectivity index (χ0) is 24.3. The molecule has 3 aromatic heterocycles. The molecule has 0 fully saturated rings. The summed E-state index contributed by atoms with van der Waals surface area (Å²) in [6, 6.07) is 30.2. The predicted molar refractivity (Wildman–Crippen MR) is 139 cm³/mol. The Bertz CT molecular complexity index is 1570. The fourth-order valence-electron chi connectivity index (χ4n) is 4.26. The average Bonchev–Trinajstić information content (AvgIpc) is 3.39. The van der Waals surface area contributed by atoms with Gasteiger partial charge in [-0.1, -0.05) is 91.0 Å². The van der Waals surface area contributed by atoms with E-state index in [2.05, 4.69) is 20.2 Å². The van der Waals surface area contributed by atoms with Gasteiger partial charge in [-0.25, -0.2) is 19.9 Å². The summed E-state index contributed by atoms with van der Waals surface area (Å²) in [5, 5.41) is 9.30. The van der Waals surface area contributed by atoms with Crippen LogP contribution in [0.25, 0.3) is 51.0 Å². The van der Waals surface area contributed by atoms with Crippen LogP contribution >= 0.6 is 0 Å². The molecule has 36 heavy (non-hydrogen) atoms. The third-order valence-corrected chi connectivity index (χ3v) is 5.99. The van der Waals surface area contributed by atoms with Gasteiger partial charge in [0.2, 0.25) is 0 Å². The van der Waals surface area contributed by atoms with Crippen molar-refractivity contribution in [3.63, 3.8) is 0 Å². The molecule has 0 spiro atoms. The first kappa shape index (κ1) is 21.5. The molecule has 0 aliphatic rings. The van der Waals surface area contributed by atoms with E-state index in [0.717, 1.165) is 45.0 Å². The van der Waals surface area contributed by atoms with Gasteiger partial charge in [-0.2, -0.15) is 0 Å². The predicted octanol–water partition coefficient (Wildman–Crippen LogP) is 5.82. The van der Waals surface area contributed by atoms with Crippen molar-refractivity contribution in [3.8, 4) is 51.0 Å². The third-order valence-electron chi connectivity index (χ3n) is 5.99. The van der Waals surface area contributed by atoms with E-state index in [-0.39, 0.29) is 0 Å². The van der Waals surface area contributed by atoms with E-state index in [1.165, 1.54) is 6.33 Å². The lowest BCUT2D eigenvalue weighted by Gasteiger charge is -2.18. The maximum absolute atomic E-state index is 4.76. The number of hydrogen-bond acceptors (Lipinski definition) is 6. The van der Waals surface area contributed by atoms with E-state index in [1.807, 2.05) is 102 Å². The molecule has 0 N–H and O–H groups in total. The summed E-state index contributed by atoms with van der Waals surface area (Å²) in [6.45, 7) is 1.94. The van der Waals surface area contributed by atoms with Crippen LogP contribution in [0.5, 0.6) is 0 Å². The molecule has 3 aromatic carbocycles. The van der Waals surface area contributed by atoms with Crippen LogP contribution in [0.3, 0.4) is 0 Å². The Kier molecular flexibility index (Phi) is 5.56. The highest BCUT2D eigenvalue weighted by Crippen LogP contribution is 2.38. The molecule has 0 atom stereocenters. The van der Waals surface area contributed by atoms with Crippen LogP contribution in [0.4, 0.5) is 0 Å². The lowest BCUT2D eigenvalue weighted by molar-refractivity contribution is 1.01. The topological polar surface area (TPSA) is 82.3 Å². The normalized spacial score (nSPS) is 10.9. The Morgan fingerprint density at radius 1 is 0.556 bits per heavy atom. The first-order chi connectivity index (χ1) is 17.8. The molecule has 0 unspecified atom stereocenters. The molecular formula is C29H21N7. The fraction of sp³-hybridized carbons (Fsp3) is 0.0345. The van der Waals surface area contributed by atoms with Crippen molar-refractivity contribution in [1.82, 2.24) is 34.7 Å². The number of nitrogens with zero attached hydrogens (tertiary/aromatic N) is 7. The minimum Gasteiger partial charge on any atom is -0.270 e. The fourth-order valence-corrected chi connectivity index (χ4v) is 4.26. The van der Waals surface area contributed by atoms with Crippen LogP contribution in [0.2, 0.25) is 0 Å². The number of benzene rings is 3. The lowest BCUT2D eigenvalue weighted by atomic mass is 10.0. The number of hydrogen-bond donors (Lipinski definition) is 0. The highest BCUT2D eigenvalue weighted by Gasteiger charge is 2.25. The van der Waals surface area contributed by atoms with E-state index in [0.29, 0.717) is 11.6 Å². The maximum atomic E-state index is 4.76. The Hall–Kier alpha value is -5.04. The van der Waals surface area contributed by atoms with Gasteiger partial charge in [0.05, 0.1) is 22.6 Å². The van der Waals surface area contributed by atoms with Crippen molar-refractivity contribution >= 4 is 0 Å². The largest absolute Gasteiger partial charge is 0.270 e. The Balaban J connectivity index is 1.75. The smallest absolute Gasteiger partial charge is 0.172 e. The minimum absolute atomic E-state index is 0.621. The van der Waals surface area contributed by atoms with E-state index in [4.69, 9.17) is 9.97 Å². The molecule has 0 aliphatic carbocycles. The summed E-state index contributed by atoms with van der Waals surface area (Å²) in [5.41, 5.74) is 6.78. The first-order valence-electron chi connectivity index (χ1n) is 11.6. The molecule has 0 saturated carbocycles. The van der Waals surface area contributed by atoms with Crippen molar-refractivity contribution in [2.24, 2.45) is 0 Å². The Morgan fingerprint density at radius 3 is 1.64 bits per heavy atom. The zero-order valence-electron chi connectivity index (χ0n) is 19.5. The lowest BCUT2D eigenvalue weighted by Crippen LogP contribution is -2.08. The van der Waals surface area contributed by atoms with Gasteiger partial charge in [-0.15, -0.1) is 10.2 Å². The molecule has 7 nitrogen and oxygen atoms in total. The summed E-state index contributed by atoms with van der Waals surface area (Å²) in [5.74, 6) is 1.30. The van der Waals surface area contributed by atoms with Gasteiger partial charge in [0.15, 0.2) is 11.6 Å². The van der Waals surface area contributed by atoms with Crippen molar-refractivity contribution in [3.05, 3.63) is 116 Å². The molecule has 0 saturated heterocycles. The van der Waals surface area contributed by atoms with Crippen LogP contribution in [-0.4, -0.2) is 34.7 Å². The first-order valence-corrected chi connectivity index (χ1v) is 11.6. The van der Waals surface area contributed by atoms with Crippen molar-refractivity contribution in [2.45, 2.75) is 6.92 Å². The van der Waals surface area contributed by atoms with Crippen molar-refractivity contribution in [2.75, 3.05) is 0 Å². The minimum atomic E-state index is 0.621. The zero-order valence-corrected chi connectivity index (χ0v) is 19.5. The Morgan fingerprint density at radius 2 is 1.08 bits per heavy atom. The molecule has 172 valence electrons. The summed E-state index contributed by atoms with van der Waals surface area (Å²) in [4.78, 5) is 18.2. The molecule has 7 heteroatoms. The highest BCUT2D eigenvalue weighted by atomic mass is 15.3. The second-order valence-corrected chi connectivity index (χ2v) is 8.22. The van der Waals surface area contributed by atoms with Gasteiger partial charge in [-0.05, 0) is 6.92 Å². The van der Waals surface area contributed by atoms with Crippen molar-refractivity contribution in [1.29, 1.82) is 0 Å². The second kappa shape index (κ2) is 9.31. The molecular weight excluding hydrogens is 446 g/mol. The monoisotopic (exact) mass is 467 g/mol. The van der Waals surface area contributed by atoms with Crippen LogP contribution in [-0.2, 0) is 0 Å². The van der Waals surface area contributed by atoms with Gasteiger partial charge in [0.25, 0.3) is 0 Å². The summed E-state index contributed by atoms with van der Waals surface area (Å²) < 4.78 is 2.03. The highest BCUT2D eigenvalue weighted by molar-refractivity contribution is 5.84. The van der Waals surface area contributed by atoms with E-state index in [9.17, 15) is 0 Å². The van der Waals surface area contributed by atoms with Gasteiger partial charge in [0.1, 0.15) is 18.3 Å². The SMILES string of the molecule is Cc1ncncc1-c1nnc(-c2ccccc2)n1-c1c(-c2ccccc2)ncnc1-c1ccccc1. The van der Waals surface area contributed by atoms with Gasteiger partial charge in [0, 0.05) is 22.9 Å². The molecule has 0 amide bonds. The molecule has 3 heterocycles. The van der Waals surface area contributed by atoms with Gasteiger partial charge >= 0.3 is 0 Å². The van der Waals surface area contributed by atoms with Gasteiger partial charge < -0.3 is 0 Å². The summed E-state index contributed by atoms with van der Waals surface area (Å²) >= 11 is 0. The molecule has 0 aliphatic heterocycles. The summed E-state index contributed by atoms with van der Waals surface area (Å²) in [6.07, 6.45) is 4.91. The second-order valence-electron chi connectivity index (χ2n) is 8.22. The molecule has 6 rings (SSSR count). The number of aryl methyl sites for hydroxylation is 1. The van der Waals surface area contributed by atoms with E-state index in [1.54, 1.807) is 12.5 Å². The standard InChI is InChI=1S/C29H21N7/c1-20-24(17-30-18-31-20)29-35-34-28(23-15-9-4-10-16-23)36(29)27-25(21-11-5-2-6-12-21)32-19-33-26(27)22-13-7-3-8-14-22/h2-19H,1H3. The molecule has 0 radical (unpaired) electrons. The molecule has 0 bridgehead atoms. The van der Waals surface area contributed by atoms with E-state index >= 15 is 0 Å².